The monoisotopic (exact) mass is 478 g/mol. The quantitative estimate of drug-likeness (QED) is 0.183. The fourth-order valence-electron chi connectivity index (χ4n) is 3.39. The van der Waals surface area contributed by atoms with E-state index < -0.39 is 45.9 Å². The van der Waals surface area contributed by atoms with Crippen molar-refractivity contribution in [1.29, 1.82) is 0 Å². The molecule has 11 heteroatoms. The fraction of sp³-hybridized carbons (Fsp3) is 0.400. The topological polar surface area (TPSA) is 50.4 Å². The molecule has 1 heterocycles. The summed E-state index contributed by atoms with van der Waals surface area (Å²) in [5.41, 5.74) is -0.156. The molecule has 4 nitrogen and oxygen atoms in total. The molecule has 1 aliphatic carbocycles. The van der Waals surface area contributed by atoms with Crippen molar-refractivity contribution in [3.05, 3.63) is 45.1 Å². The molecule has 0 fully saturated rings. The van der Waals surface area contributed by atoms with Gasteiger partial charge in [-0.1, -0.05) is 12.8 Å². The van der Waals surface area contributed by atoms with Gasteiger partial charge in [-0.2, -0.15) is 0 Å². The van der Waals surface area contributed by atoms with Gasteiger partial charge in [0, 0.05) is 4.88 Å². The van der Waals surface area contributed by atoms with E-state index in [9.17, 15) is 26.7 Å². The number of aryl methyl sites for hydroxylation is 1. The maximum atomic E-state index is 13.9. The van der Waals surface area contributed by atoms with Crippen LogP contribution in [-0.4, -0.2) is 17.7 Å². The number of benzene rings is 1. The summed E-state index contributed by atoms with van der Waals surface area (Å²) in [5, 5.41) is 4.56. The number of halogens is 5. The lowest BCUT2D eigenvalue weighted by Gasteiger charge is -2.14. The summed E-state index contributed by atoms with van der Waals surface area (Å²) in [6, 6.07) is 0. The minimum atomic E-state index is -2.26. The minimum absolute atomic E-state index is 0.149. The lowest BCUT2D eigenvalue weighted by molar-refractivity contribution is 0.0526. The normalized spacial score (nSPS) is 13.7. The second-order valence-electron chi connectivity index (χ2n) is 6.87. The molecule has 0 spiro atoms. The van der Waals surface area contributed by atoms with Crippen molar-refractivity contribution in [1.82, 2.24) is 0 Å². The zero-order chi connectivity index (χ0) is 22.7. The van der Waals surface area contributed by atoms with E-state index in [1.807, 2.05) is 5.32 Å². The van der Waals surface area contributed by atoms with E-state index in [1.165, 1.54) is 11.3 Å². The van der Waals surface area contributed by atoms with Gasteiger partial charge >= 0.3 is 5.97 Å². The van der Waals surface area contributed by atoms with Crippen molar-refractivity contribution < 1.29 is 31.5 Å². The van der Waals surface area contributed by atoms with Gasteiger partial charge in [-0.3, -0.25) is 0 Å². The molecular weight excluding hydrogens is 459 g/mol. The van der Waals surface area contributed by atoms with Gasteiger partial charge in [0.25, 0.3) is 0 Å². The van der Waals surface area contributed by atoms with Crippen molar-refractivity contribution in [3.8, 4) is 0 Å². The first-order chi connectivity index (χ1) is 14.8. The van der Waals surface area contributed by atoms with Crippen molar-refractivity contribution in [2.75, 3.05) is 17.2 Å². The van der Waals surface area contributed by atoms with Gasteiger partial charge in [-0.25, -0.2) is 26.7 Å². The highest BCUT2D eigenvalue weighted by Crippen LogP contribution is 2.38. The van der Waals surface area contributed by atoms with Gasteiger partial charge in [-0.05, 0) is 50.4 Å². The van der Waals surface area contributed by atoms with Crippen LogP contribution in [0.5, 0.6) is 0 Å². The van der Waals surface area contributed by atoms with E-state index in [-0.39, 0.29) is 12.2 Å². The first-order valence-corrected chi connectivity index (χ1v) is 10.9. The van der Waals surface area contributed by atoms with Crippen LogP contribution in [0.3, 0.4) is 0 Å². The summed E-state index contributed by atoms with van der Waals surface area (Å²) in [4.78, 5) is 13.6. The number of fused-ring (bicyclic) bond motifs is 1. The number of esters is 1. The van der Waals surface area contributed by atoms with E-state index in [0.717, 1.165) is 42.5 Å². The van der Waals surface area contributed by atoms with Crippen molar-refractivity contribution in [2.24, 2.45) is 0 Å². The Kier molecular flexibility index (Phi) is 7.47. The maximum Gasteiger partial charge on any atom is 0.341 e. The molecule has 3 rings (SSSR count). The number of hydrogen-bond donors (Lipinski definition) is 2. The predicted molar refractivity (Wildman–Crippen MR) is 112 cm³/mol. The fourth-order valence-corrected chi connectivity index (χ4v) is 4.94. The van der Waals surface area contributed by atoms with Crippen LogP contribution in [0.4, 0.5) is 32.6 Å². The predicted octanol–water partition coefficient (Wildman–Crippen LogP) is 6.09. The molecule has 1 aliphatic rings. The zero-order valence-electron chi connectivity index (χ0n) is 16.5. The molecule has 168 valence electrons. The Morgan fingerprint density at radius 3 is 2.13 bits per heavy atom. The number of ether oxygens (including phenoxy) is 1. The Hall–Kier alpha value is -2.27. The molecule has 0 amide bonds. The second kappa shape index (κ2) is 9.90. The van der Waals surface area contributed by atoms with Crippen LogP contribution in [0.15, 0.2) is 0 Å². The van der Waals surface area contributed by atoms with Crippen LogP contribution in [0.25, 0.3) is 0 Å². The molecule has 2 aromatic rings. The number of thiophene rings is 1. The van der Waals surface area contributed by atoms with Crippen molar-refractivity contribution in [2.45, 2.75) is 45.4 Å². The van der Waals surface area contributed by atoms with E-state index in [2.05, 4.69) is 5.32 Å². The number of hydrogen-bond acceptors (Lipinski definition) is 4. The molecule has 0 atom stereocenters. The molecule has 0 aliphatic heterocycles. The highest BCUT2D eigenvalue weighted by molar-refractivity contribution is 7.80. The van der Waals surface area contributed by atoms with Crippen LogP contribution in [0, 0.1) is 29.1 Å². The number of anilines is 2. The number of carbonyl (C=O) groups excluding carboxylic acids is 1. The van der Waals surface area contributed by atoms with Gasteiger partial charge in [0.15, 0.2) is 28.4 Å². The van der Waals surface area contributed by atoms with Crippen LogP contribution in [0.2, 0.25) is 0 Å². The van der Waals surface area contributed by atoms with Crippen LogP contribution in [-0.2, 0) is 17.6 Å². The summed E-state index contributed by atoms with van der Waals surface area (Å²) < 4.78 is 73.2. The third-order valence-electron chi connectivity index (χ3n) is 4.83. The summed E-state index contributed by atoms with van der Waals surface area (Å²) in [7, 11) is 0. The number of thiocarbonyl (C=S) groups is 1. The summed E-state index contributed by atoms with van der Waals surface area (Å²) in [5.74, 6) is -11.1. The number of carbonyl (C=O) groups is 1. The van der Waals surface area contributed by atoms with Gasteiger partial charge in [0.2, 0.25) is 5.82 Å². The summed E-state index contributed by atoms with van der Waals surface area (Å²) in [6.45, 7) is 1.81. The van der Waals surface area contributed by atoms with E-state index >= 15 is 0 Å². The Bertz CT molecular complexity index is 997. The summed E-state index contributed by atoms with van der Waals surface area (Å²) in [6.07, 6.45) is 5.35. The number of rotatable bonds is 4. The average Bonchev–Trinajstić information content (AvgIpc) is 3.04. The van der Waals surface area contributed by atoms with Crippen molar-refractivity contribution >= 4 is 45.3 Å². The molecule has 0 unspecified atom stereocenters. The molecule has 1 aromatic heterocycles. The molecule has 0 bridgehead atoms. The molecule has 31 heavy (non-hydrogen) atoms. The lowest BCUT2D eigenvalue weighted by atomic mass is 9.96. The Morgan fingerprint density at radius 1 is 0.935 bits per heavy atom. The van der Waals surface area contributed by atoms with E-state index in [4.69, 9.17) is 17.0 Å². The molecular formula is C20H19F5N2O2S2. The first-order valence-electron chi connectivity index (χ1n) is 9.67. The lowest BCUT2D eigenvalue weighted by Crippen LogP contribution is -2.23. The largest absolute Gasteiger partial charge is 0.462 e. The minimum Gasteiger partial charge on any atom is -0.462 e. The Labute approximate surface area is 184 Å². The first kappa shape index (κ1) is 23.4. The van der Waals surface area contributed by atoms with Gasteiger partial charge < -0.3 is 15.4 Å². The third-order valence-corrected chi connectivity index (χ3v) is 6.24. The summed E-state index contributed by atoms with van der Waals surface area (Å²) >= 11 is 6.28. The maximum absolute atomic E-state index is 13.9. The Balaban J connectivity index is 1.93. The van der Waals surface area contributed by atoms with Crippen LogP contribution >= 0.6 is 23.6 Å². The standard InChI is InChI=1S/C20H19F5N2O2S2/c1-2-29-19(28)11-9-7-5-3-4-6-8-10(9)31-18(11)27-20(30)26-17-15(24)13(22)12(21)14(23)16(17)25/h2-8H2,1H3,(H2,26,27,30). The van der Waals surface area contributed by atoms with Crippen LogP contribution < -0.4 is 10.6 Å². The highest BCUT2D eigenvalue weighted by Gasteiger charge is 2.28. The molecule has 0 saturated carbocycles. The molecule has 0 radical (unpaired) electrons. The van der Waals surface area contributed by atoms with E-state index in [0.29, 0.717) is 11.4 Å². The van der Waals surface area contributed by atoms with Crippen molar-refractivity contribution in [3.63, 3.8) is 0 Å². The molecule has 1 aromatic carbocycles. The van der Waals surface area contributed by atoms with Gasteiger partial charge in [-0.15, -0.1) is 11.3 Å². The van der Waals surface area contributed by atoms with Crippen LogP contribution in [0.1, 0.15) is 53.4 Å². The van der Waals surface area contributed by atoms with Gasteiger partial charge in [0.1, 0.15) is 10.7 Å². The SMILES string of the molecule is CCOC(=O)c1c(NC(=S)Nc2c(F)c(F)c(F)c(F)c2F)sc2c1CCCCCC2. The Morgan fingerprint density at radius 2 is 1.52 bits per heavy atom. The smallest absolute Gasteiger partial charge is 0.341 e. The molecule has 0 saturated heterocycles. The van der Waals surface area contributed by atoms with Gasteiger partial charge in [0.05, 0.1) is 12.2 Å². The zero-order valence-corrected chi connectivity index (χ0v) is 18.1. The highest BCUT2D eigenvalue weighted by atomic mass is 32.1. The second-order valence-corrected chi connectivity index (χ2v) is 8.38. The third kappa shape index (κ3) is 4.82. The average molecular weight is 479 g/mol. The number of nitrogens with one attached hydrogen (secondary N) is 2. The van der Waals surface area contributed by atoms with E-state index in [1.54, 1.807) is 6.92 Å². The molecule has 2 N–H and O–H groups in total.